The Morgan fingerprint density at radius 2 is 2.25 bits per heavy atom. The Morgan fingerprint density at radius 3 is 2.69 bits per heavy atom. The monoisotopic (exact) mass is 243 g/mol. The van der Waals surface area contributed by atoms with Gasteiger partial charge >= 0.3 is 5.97 Å². The molecule has 1 rings (SSSR count). The second-order valence-electron chi connectivity index (χ2n) is 3.23. The summed E-state index contributed by atoms with van der Waals surface area (Å²) in [5.41, 5.74) is 0. The van der Waals surface area contributed by atoms with Gasteiger partial charge in [0.05, 0.1) is 11.5 Å². The number of nitrogens with one attached hydrogen (secondary N) is 1. The number of methoxy groups -OCH3 is 1. The molecule has 0 aliphatic heterocycles. The summed E-state index contributed by atoms with van der Waals surface area (Å²) in [5.74, 6) is -1.49. The molecule has 0 aliphatic carbocycles. The van der Waals surface area contributed by atoms with E-state index in [1.807, 2.05) is 13.0 Å². The van der Waals surface area contributed by atoms with Gasteiger partial charge in [0, 0.05) is 12.0 Å². The van der Waals surface area contributed by atoms with E-state index in [0.29, 0.717) is 4.88 Å². The second-order valence-corrected chi connectivity index (χ2v) is 4.52. The smallest absolute Gasteiger partial charge is 0.328 e. The number of carboxylic acids is 1. The van der Waals surface area contributed by atoms with Gasteiger partial charge in [0.15, 0.2) is 6.04 Å². The minimum absolute atomic E-state index is 0.0502. The van der Waals surface area contributed by atoms with Crippen LogP contribution in [0.15, 0.2) is 12.1 Å². The highest BCUT2D eigenvalue weighted by molar-refractivity contribution is 7.13. The Hall–Kier alpha value is -1.40. The van der Waals surface area contributed by atoms with E-state index in [2.05, 4.69) is 5.32 Å². The highest BCUT2D eigenvalue weighted by Gasteiger charge is 2.20. The molecule has 2 N–H and O–H groups in total. The lowest BCUT2D eigenvalue weighted by atomic mass is 10.3. The molecule has 0 bridgehead atoms. The third kappa shape index (κ3) is 3.32. The van der Waals surface area contributed by atoms with Crippen LogP contribution >= 0.6 is 11.3 Å². The van der Waals surface area contributed by atoms with Crippen LogP contribution < -0.4 is 5.32 Å². The van der Waals surface area contributed by atoms with Crippen molar-refractivity contribution in [1.82, 2.24) is 5.32 Å². The van der Waals surface area contributed by atoms with Crippen molar-refractivity contribution in [3.8, 4) is 0 Å². The zero-order valence-electron chi connectivity index (χ0n) is 9.02. The topological polar surface area (TPSA) is 75.6 Å². The van der Waals surface area contributed by atoms with Crippen molar-refractivity contribution in [2.24, 2.45) is 0 Å². The number of ether oxygens (including phenoxy) is 1. The number of thiophene rings is 1. The minimum Gasteiger partial charge on any atom is -0.480 e. The largest absolute Gasteiger partial charge is 0.480 e. The van der Waals surface area contributed by atoms with E-state index in [9.17, 15) is 9.59 Å². The van der Waals surface area contributed by atoms with Gasteiger partial charge in [-0.3, -0.25) is 4.79 Å². The van der Waals surface area contributed by atoms with Crippen molar-refractivity contribution in [1.29, 1.82) is 0 Å². The summed E-state index contributed by atoms with van der Waals surface area (Å²) in [6.07, 6.45) is 0. The highest BCUT2D eigenvalue weighted by atomic mass is 32.1. The molecule has 88 valence electrons. The molecule has 0 spiro atoms. The normalized spacial score (nSPS) is 12.1. The lowest BCUT2D eigenvalue weighted by Crippen LogP contribution is -2.43. The van der Waals surface area contributed by atoms with Crippen LogP contribution in [0.25, 0.3) is 0 Å². The number of aliphatic carboxylic acids is 1. The molecule has 6 heteroatoms. The average Bonchev–Trinajstić information content (AvgIpc) is 2.64. The third-order valence-corrected chi connectivity index (χ3v) is 2.90. The Bertz CT molecular complexity index is 388. The number of rotatable bonds is 5. The molecule has 0 saturated heterocycles. The van der Waals surface area contributed by atoms with Gasteiger partial charge in [0.2, 0.25) is 0 Å². The summed E-state index contributed by atoms with van der Waals surface area (Å²) in [7, 11) is 1.39. The van der Waals surface area contributed by atoms with Gasteiger partial charge in [-0.05, 0) is 19.1 Å². The molecule has 16 heavy (non-hydrogen) atoms. The maximum atomic E-state index is 11.6. The van der Waals surface area contributed by atoms with E-state index in [0.717, 1.165) is 4.88 Å². The van der Waals surface area contributed by atoms with Crippen LogP contribution in [0.1, 0.15) is 14.5 Å². The summed E-state index contributed by atoms with van der Waals surface area (Å²) in [4.78, 5) is 23.9. The third-order valence-electron chi connectivity index (χ3n) is 1.90. The van der Waals surface area contributed by atoms with Crippen LogP contribution in [0.4, 0.5) is 0 Å². The Morgan fingerprint density at radius 1 is 1.56 bits per heavy atom. The Labute approximate surface area is 97.0 Å². The zero-order valence-corrected chi connectivity index (χ0v) is 9.84. The number of carbonyl (C=O) groups is 2. The Balaban J connectivity index is 2.65. The van der Waals surface area contributed by atoms with Crippen molar-refractivity contribution in [2.45, 2.75) is 13.0 Å². The van der Waals surface area contributed by atoms with Gasteiger partial charge in [-0.2, -0.15) is 0 Å². The highest BCUT2D eigenvalue weighted by Crippen LogP contribution is 2.14. The van der Waals surface area contributed by atoms with E-state index in [1.54, 1.807) is 6.07 Å². The van der Waals surface area contributed by atoms with Gasteiger partial charge in [-0.15, -0.1) is 11.3 Å². The summed E-state index contributed by atoms with van der Waals surface area (Å²) in [5, 5.41) is 11.2. The number of hydrogen-bond acceptors (Lipinski definition) is 4. The van der Waals surface area contributed by atoms with Crippen molar-refractivity contribution in [3.63, 3.8) is 0 Å². The lowest BCUT2D eigenvalue weighted by Gasteiger charge is -2.12. The van der Waals surface area contributed by atoms with Gasteiger partial charge < -0.3 is 15.2 Å². The predicted octanol–water partition coefficient (Wildman–Crippen LogP) is 0.886. The number of amides is 1. The molecule has 0 saturated carbocycles. The average molecular weight is 243 g/mol. The van der Waals surface area contributed by atoms with Crippen LogP contribution in [0.3, 0.4) is 0 Å². The van der Waals surface area contributed by atoms with Crippen LogP contribution in [0.5, 0.6) is 0 Å². The first kappa shape index (κ1) is 12.7. The fourth-order valence-corrected chi connectivity index (χ4v) is 1.90. The van der Waals surface area contributed by atoms with E-state index in [4.69, 9.17) is 9.84 Å². The van der Waals surface area contributed by atoms with Crippen molar-refractivity contribution in [2.75, 3.05) is 13.7 Å². The standard InChI is InChI=1S/C10H13NO4S/c1-6-3-4-8(16-6)9(12)11-7(5-15-2)10(13)14/h3-4,7H,5H2,1-2H3,(H,11,12)(H,13,14). The fraction of sp³-hybridized carbons (Fsp3) is 0.400. The first-order valence-corrected chi connectivity index (χ1v) is 5.45. The number of aryl methyl sites for hydroxylation is 1. The molecular formula is C10H13NO4S. The number of hydrogen-bond donors (Lipinski definition) is 2. The van der Waals surface area contributed by atoms with E-state index in [-0.39, 0.29) is 12.5 Å². The number of carbonyl (C=O) groups excluding carboxylic acids is 1. The lowest BCUT2D eigenvalue weighted by molar-refractivity contribution is -0.140. The molecular weight excluding hydrogens is 230 g/mol. The van der Waals surface area contributed by atoms with Gasteiger partial charge in [-0.1, -0.05) is 0 Å². The summed E-state index contributed by atoms with van der Waals surface area (Å²) >= 11 is 1.32. The summed E-state index contributed by atoms with van der Waals surface area (Å²) < 4.78 is 4.72. The quantitative estimate of drug-likeness (QED) is 0.805. The van der Waals surface area contributed by atoms with E-state index < -0.39 is 12.0 Å². The maximum Gasteiger partial charge on any atom is 0.328 e. The molecule has 1 amide bonds. The summed E-state index contributed by atoms with van der Waals surface area (Å²) in [6, 6.07) is 2.46. The predicted molar refractivity (Wildman–Crippen MR) is 59.8 cm³/mol. The fourth-order valence-electron chi connectivity index (χ4n) is 1.13. The molecule has 0 aromatic carbocycles. The van der Waals surface area contributed by atoms with Gasteiger partial charge in [-0.25, -0.2) is 4.79 Å². The molecule has 0 aliphatic rings. The van der Waals surface area contributed by atoms with Crippen molar-refractivity contribution in [3.05, 3.63) is 21.9 Å². The van der Waals surface area contributed by atoms with E-state index >= 15 is 0 Å². The molecule has 5 nitrogen and oxygen atoms in total. The molecule has 0 fully saturated rings. The van der Waals surface area contributed by atoms with Crippen LogP contribution in [-0.2, 0) is 9.53 Å². The molecule has 1 aromatic heterocycles. The number of carboxylic acid groups (broad SMARTS) is 1. The van der Waals surface area contributed by atoms with Crippen molar-refractivity contribution < 1.29 is 19.4 Å². The van der Waals surface area contributed by atoms with Gasteiger partial charge in [0.1, 0.15) is 0 Å². The van der Waals surface area contributed by atoms with E-state index in [1.165, 1.54) is 18.4 Å². The SMILES string of the molecule is COCC(NC(=O)c1ccc(C)s1)C(=O)O. The first-order chi connectivity index (χ1) is 7.54. The minimum atomic E-state index is -1.11. The van der Waals surface area contributed by atoms with Crippen LogP contribution in [0, 0.1) is 6.92 Å². The Kier molecular flexibility index (Phi) is 4.45. The van der Waals surface area contributed by atoms with Gasteiger partial charge in [0.25, 0.3) is 5.91 Å². The second kappa shape index (κ2) is 5.62. The van der Waals surface area contributed by atoms with Crippen molar-refractivity contribution >= 4 is 23.2 Å². The van der Waals surface area contributed by atoms with Crippen LogP contribution in [-0.4, -0.2) is 36.7 Å². The molecule has 1 atom stereocenters. The molecule has 1 heterocycles. The zero-order chi connectivity index (χ0) is 12.1. The molecule has 1 unspecified atom stereocenters. The van der Waals surface area contributed by atoms with Crippen LogP contribution in [0.2, 0.25) is 0 Å². The molecule has 1 aromatic rings. The maximum absolute atomic E-state index is 11.6. The molecule has 0 radical (unpaired) electrons. The summed E-state index contributed by atoms with van der Waals surface area (Å²) in [6.45, 7) is 1.83. The first-order valence-electron chi connectivity index (χ1n) is 4.63.